The summed E-state index contributed by atoms with van der Waals surface area (Å²) in [6, 6.07) is 0. The molecule has 0 atom stereocenters. The summed E-state index contributed by atoms with van der Waals surface area (Å²) in [5, 5.41) is 8.36. The number of nitrogens with two attached hydrogens (primary N) is 1. The first kappa shape index (κ1) is 2.58. The van der Waals surface area contributed by atoms with E-state index < -0.39 is 38.1 Å². The molecule has 0 heterocycles. The fraction of sp³-hybridized carbons (Fsp3) is 0.833. The van der Waals surface area contributed by atoms with E-state index in [9.17, 15) is 4.79 Å². The van der Waals surface area contributed by atoms with Gasteiger partial charge >= 0.3 is 5.97 Å². The molecule has 0 aliphatic carbocycles. The number of carboxylic acid groups (broad SMARTS) is 1. The largest absolute Gasteiger partial charge is 0.481 e. The third kappa shape index (κ3) is 7.43. The van der Waals surface area contributed by atoms with Crippen LogP contribution in [0, 0.1) is 0 Å². The molecule has 0 fully saturated rings. The summed E-state index contributed by atoms with van der Waals surface area (Å²) in [5.74, 6) is -1.41. The Bertz CT molecular complexity index is 248. The molecular formula is C6H13NO2. The Morgan fingerprint density at radius 2 is 2.33 bits per heavy atom. The molecule has 0 aliphatic heterocycles. The molecule has 0 saturated heterocycles. The van der Waals surface area contributed by atoms with Crippen LogP contribution in [0.1, 0.15) is 33.8 Å². The Kier molecular flexibility index (Phi) is 1.60. The summed E-state index contributed by atoms with van der Waals surface area (Å²) in [4.78, 5) is 10.3. The summed E-state index contributed by atoms with van der Waals surface area (Å²) < 4.78 is 42.8. The van der Waals surface area contributed by atoms with Crippen molar-refractivity contribution in [2.45, 2.75) is 25.6 Å². The second kappa shape index (κ2) is 5.56. The third-order valence-corrected chi connectivity index (χ3v) is 0.592. The van der Waals surface area contributed by atoms with Crippen LogP contribution in [0.4, 0.5) is 0 Å². The molecule has 0 rings (SSSR count). The van der Waals surface area contributed by atoms with Crippen molar-refractivity contribution in [2.75, 3.05) is 6.50 Å². The van der Waals surface area contributed by atoms with E-state index in [1.165, 1.54) is 0 Å². The lowest BCUT2D eigenvalue weighted by Gasteiger charge is -1.93. The number of hydrogen-bond acceptors (Lipinski definition) is 2. The van der Waals surface area contributed by atoms with Gasteiger partial charge in [0, 0.05) is 14.6 Å². The molecule has 0 bridgehead atoms. The minimum Gasteiger partial charge on any atom is -0.481 e. The lowest BCUT2D eigenvalue weighted by atomic mass is 10.2. The maximum Gasteiger partial charge on any atom is 0.303 e. The Morgan fingerprint density at radius 1 is 1.67 bits per heavy atom. The minimum atomic E-state index is -2.71. The predicted molar refractivity (Wildman–Crippen MR) is 35.2 cm³/mol. The molecule has 0 radical (unpaired) electrons. The highest BCUT2D eigenvalue weighted by Crippen LogP contribution is 1.97. The summed E-state index contributed by atoms with van der Waals surface area (Å²) >= 11 is 0. The van der Waals surface area contributed by atoms with Crippen molar-refractivity contribution in [1.82, 2.24) is 0 Å². The maximum absolute atomic E-state index is 10.3. The van der Waals surface area contributed by atoms with Crippen molar-refractivity contribution in [3.63, 3.8) is 0 Å². The van der Waals surface area contributed by atoms with E-state index in [0.717, 1.165) is 0 Å². The van der Waals surface area contributed by atoms with Crippen LogP contribution in [0.5, 0.6) is 0 Å². The van der Waals surface area contributed by atoms with Crippen LogP contribution in [0.3, 0.4) is 0 Å². The molecule has 0 unspecified atom stereocenters. The zero-order valence-corrected chi connectivity index (χ0v) is 4.85. The van der Waals surface area contributed by atoms with Gasteiger partial charge in [0.1, 0.15) is 0 Å². The van der Waals surface area contributed by atoms with Crippen LogP contribution in [-0.4, -0.2) is 17.6 Å². The fourth-order valence-corrected chi connectivity index (χ4v) is 0.283. The molecule has 0 saturated carbocycles. The van der Waals surface area contributed by atoms with E-state index in [1.54, 1.807) is 0 Å². The smallest absolute Gasteiger partial charge is 0.303 e. The highest BCUT2D eigenvalue weighted by molar-refractivity contribution is 5.66. The number of rotatable bonds is 5. The average Bonchev–Trinajstić information content (AvgIpc) is 1.75. The number of carbonyl (C=O) groups is 1. The number of aliphatic carboxylic acids is 1. The van der Waals surface area contributed by atoms with E-state index >= 15 is 0 Å². The molecule has 0 aromatic rings. The van der Waals surface area contributed by atoms with Crippen molar-refractivity contribution >= 4 is 5.97 Å². The molecule has 0 aromatic carbocycles. The number of carboxylic acids is 1. The van der Waals surface area contributed by atoms with Crippen molar-refractivity contribution in [3.05, 3.63) is 0 Å². The van der Waals surface area contributed by atoms with Crippen LogP contribution in [0.15, 0.2) is 0 Å². The highest BCUT2D eigenvalue weighted by atomic mass is 16.4. The molecular weight excluding hydrogens is 118 g/mol. The summed E-state index contributed by atoms with van der Waals surface area (Å²) in [7, 11) is 0. The van der Waals surface area contributed by atoms with Crippen molar-refractivity contribution < 1.29 is 18.1 Å². The standard InChI is InChI=1S/C6H13NO2/c7-5-3-1-2-4-6(8)9/h1-5,7H2,(H,8,9)/i2D2,3D2,5D2. The zero-order chi connectivity index (χ0) is 12.5. The molecule has 3 heteroatoms. The monoisotopic (exact) mass is 137 g/mol. The topological polar surface area (TPSA) is 63.3 Å². The number of hydrogen-bond donors (Lipinski definition) is 2. The van der Waals surface area contributed by atoms with Gasteiger partial charge in [0.05, 0.1) is 0 Å². The van der Waals surface area contributed by atoms with Gasteiger partial charge in [-0.25, -0.2) is 0 Å². The Hall–Kier alpha value is -0.570. The summed E-state index contributed by atoms with van der Waals surface area (Å²) in [5.41, 5.74) is 4.90. The highest BCUT2D eigenvalue weighted by Gasteiger charge is 1.94. The normalized spacial score (nSPS) is 24.1. The maximum atomic E-state index is 10.3. The second-order valence-electron chi connectivity index (χ2n) is 1.32. The van der Waals surface area contributed by atoms with Gasteiger partial charge in [-0.3, -0.25) is 4.79 Å². The first-order valence-corrected chi connectivity index (χ1v) is 2.38. The van der Waals surface area contributed by atoms with Crippen molar-refractivity contribution in [1.29, 1.82) is 0 Å². The minimum absolute atomic E-state index is 0.886. The first-order valence-electron chi connectivity index (χ1n) is 5.38. The summed E-state index contributed by atoms with van der Waals surface area (Å²) in [6.07, 6.45) is -6.74. The van der Waals surface area contributed by atoms with Crippen LogP contribution in [0.25, 0.3) is 0 Å². The van der Waals surface area contributed by atoms with Crippen LogP contribution in [0.2, 0.25) is 0 Å². The lowest BCUT2D eigenvalue weighted by molar-refractivity contribution is -0.137. The SMILES string of the molecule is [2H]C([2H])(CC(=O)O)CC([2H])([2H])C([2H])([2H])N. The molecule has 0 spiro atoms. The lowest BCUT2D eigenvalue weighted by Crippen LogP contribution is -1.99. The van der Waals surface area contributed by atoms with Gasteiger partial charge in [-0.2, -0.15) is 0 Å². The van der Waals surface area contributed by atoms with Gasteiger partial charge in [-0.15, -0.1) is 0 Å². The Labute approximate surface area is 63.3 Å². The van der Waals surface area contributed by atoms with Gasteiger partial charge in [-0.1, -0.05) is 6.42 Å². The molecule has 54 valence electrons. The van der Waals surface area contributed by atoms with Crippen LogP contribution in [-0.2, 0) is 4.79 Å². The predicted octanol–water partition coefficient (Wildman–Crippen LogP) is 0.590. The summed E-state index contributed by atoms with van der Waals surface area (Å²) in [6.45, 7) is -2.71. The second-order valence-corrected chi connectivity index (χ2v) is 1.32. The Balaban J connectivity index is 4.64. The van der Waals surface area contributed by atoms with Gasteiger partial charge in [0.25, 0.3) is 0 Å². The van der Waals surface area contributed by atoms with E-state index in [1.807, 2.05) is 0 Å². The average molecular weight is 137 g/mol. The van der Waals surface area contributed by atoms with E-state index in [4.69, 9.17) is 19.1 Å². The Morgan fingerprint density at radius 3 is 2.78 bits per heavy atom. The van der Waals surface area contributed by atoms with E-state index in [-0.39, 0.29) is 0 Å². The quantitative estimate of drug-likeness (QED) is 0.583. The van der Waals surface area contributed by atoms with Crippen molar-refractivity contribution in [3.8, 4) is 0 Å². The fourth-order valence-electron chi connectivity index (χ4n) is 0.283. The van der Waals surface area contributed by atoms with E-state index in [0.29, 0.717) is 0 Å². The van der Waals surface area contributed by atoms with Crippen LogP contribution < -0.4 is 5.73 Å². The molecule has 0 aromatic heterocycles. The van der Waals surface area contributed by atoms with Gasteiger partial charge in [0.2, 0.25) is 0 Å². The van der Waals surface area contributed by atoms with Gasteiger partial charge in [0.15, 0.2) is 0 Å². The molecule has 3 nitrogen and oxygen atoms in total. The third-order valence-electron chi connectivity index (χ3n) is 0.592. The molecule has 0 aliphatic rings. The van der Waals surface area contributed by atoms with Crippen LogP contribution >= 0.6 is 0 Å². The van der Waals surface area contributed by atoms with E-state index in [2.05, 4.69) is 0 Å². The van der Waals surface area contributed by atoms with Crippen molar-refractivity contribution in [2.24, 2.45) is 5.73 Å². The van der Waals surface area contributed by atoms with Gasteiger partial charge in [-0.05, 0) is 19.2 Å². The van der Waals surface area contributed by atoms with Gasteiger partial charge < -0.3 is 10.8 Å². The molecule has 9 heavy (non-hydrogen) atoms. The first-order chi connectivity index (χ1) is 6.37. The zero-order valence-electron chi connectivity index (χ0n) is 10.8. The molecule has 3 N–H and O–H groups in total. The molecule has 0 amide bonds.